The van der Waals surface area contributed by atoms with Gasteiger partial charge in [0.2, 0.25) is 0 Å². The molecule has 0 atom stereocenters. The molecule has 1 aromatic heterocycles. The Morgan fingerprint density at radius 2 is 1.96 bits per heavy atom. The molecule has 0 amide bonds. The quantitative estimate of drug-likeness (QED) is 0.314. The summed E-state index contributed by atoms with van der Waals surface area (Å²) in [4.78, 5) is 15.3. The molecule has 0 saturated heterocycles. The third-order valence-corrected chi connectivity index (χ3v) is 4.14. The largest absolute Gasteiger partial charge is 0.462 e. The normalized spacial score (nSPS) is 11.2. The Kier molecular flexibility index (Phi) is 6.91. The number of H-pyrrole nitrogens is 1. The van der Waals surface area contributed by atoms with Crippen LogP contribution in [0.15, 0.2) is 35.4 Å². The molecule has 1 aromatic carbocycles. The summed E-state index contributed by atoms with van der Waals surface area (Å²) < 4.78 is 5.11. The Labute approximate surface area is 159 Å². The first-order valence-electron chi connectivity index (χ1n) is 8.42. The van der Waals surface area contributed by atoms with Crippen LogP contribution in [0.4, 0.5) is 0 Å². The summed E-state index contributed by atoms with van der Waals surface area (Å²) in [5.74, 6) is -0.328. The van der Waals surface area contributed by atoms with Crippen LogP contribution in [-0.4, -0.2) is 28.4 Å². The minimum absolute atomic E-state index is 0.328. The van der Waals surface area contributed by atoms with Gasteiger partial charge in [-0.25, -0.2) is 4.79 Å². The molecule has 138 valence electrons. The SMILES string of the molecule is CCOC(=O)c1c(C)[nH]c(/C(C)=N/NC(=S)NCc2ccccc2)c1C. The van der Waals surface area contributed by atoms with Gasteiger partial charge in [0.25, 0.3) is 0 Å². The predicted octanol–water partition coefficient (Wildman–Crippen LogP) is 3.20. The summed E-state index contributed by atoms with van der Waals surface area (Å²) in [6.07, 6.45) is 0. The number of carbonyl (C=O) groups is 1. The summed E-state index contributed by atoms with van der Waals surface area (Å²) in [6, 6.07) is 9.97. The van der Waals surface area contributed by atoms with Gasteiger partial charge in [-0.1, -0.05) is 30.3 Å². The number of esters is 1. The molecule has 7 heteroatoms. The van der Waals surface area contributed by atoms with Gasteiger partial charge >= 0.3 is 5.97 Å². The van der Waals surface area contributed by atoms with E-state index in [1.807, 2.05) is 51.1 Å². The number of hydrazone groups is 1. The predicted molar refractivity (Wildman–Crippen MR) is 107 cm³/mol. The van der Waals surface area contributed by atoms with Crippen molar-refractivity contribution in [2.24, 2.45) is 5.10 Å². The molecule has 2 aromatic rings. The lowest BCUT2D eigenvalue weighted by Gasteiger charge is -2.08. The highest BCUT2D eigenvalue weighted by Gasteiger charge is 2.20. The zero-order valence-corrected chi connectivity index (χ0v) is 16.3. The Balaban J connectivity index is 2.02. The first kappa shape index (κ1) is 19.7. The minimum Gasteiger partial charge on any atom is -0.462 e. The van der Waals surface area contributed by atoms with Crippen molar-refractivity contribution in [1.82, 2.24) is 15.7 Å². The van der Waals surface area contributed by atoms with Crippen molar-refractivity contribution in [2.75, 3.05) is 6.61 Å². The molecule has 0 fully saturated rings. The zero-order chi connectivity index (χ0) is 19.1. The molecule has 0 radical (unpaired) electrons. The average molecular weight is 372 g/mol. The van der Waals surface area contributed by atoms with Crippen molar-refractivity contribution >= 4 is 29.0 Å². The number of ether oxygens (including phenoxy) is 1. The number of benzene rings is 1. The van der Waals surface area contributed by atoms with Crippen LogP contribution >= 0.6 is 12.2 Å². The lowest BCUT2D eigenvalue weighted by molar-refractivity contribution is 0.0525. The number of aromatic nitrogens is 1. The zero-order valence-electron chi connectivity index (χ0n) is 15.5. The van der Waals surface area contributed by atoms with E-state index in [1.54, 1.807) is 6.92 Å². The number of nitrogens with one attached hydrogen (secondary N) is 3. The summed E-state index contributed by atoms with van der Waals surface area (Å²) in [6.45, 7) is 8.31. The van der Waals surface area contributed by atoms with Crippen LogP contribution in [0.25, 0.3) is 0 Å². The molecule has 3 N–H and O–H groups in total. The van der Waals surface area contributed by atoms with Gasteiger partial charge in [-0.15, -0.1) is 0 Å². The Morgan fingerprint density at radius 3 is 2.62 bits per heavy atom. The van der Waals surface area contributed by atoms with E-state index < -0.39 is 0 Å². The van der Waals surface area contributed by atoms with E-state index in [-0.39, 0.29) is 5.97 Å². The highest BCUT2D eigenvalue weighted by molar-refractivity contribution is 7.80. The minimum atomic E-state index is -0.328. The summed E-state index contributed by atoms with van der Waals surface area (Å²) in [5.41, 5.74) is 7.57. The first-order valence-corrected chi connectivity index (χ1v) is 8.83. The second-order valence-corrected chi connectivity index (χ2v) is 6.23. The molecule has 0 aliphatic heterocycles. The average Bonchev–Trinajstić information content (AvgIpc) is 2.93. The maximum atomic E-state index is 12.1. The molecule has 26 heavy (non-hydrogen) atoms. The standard InChI is InChI=1S/C19H24N4O2S/c1-5-25-18(24)16-12(2)17(21-13(16)3)14(4)22-23-19(26)20-11-15-9-7-6-8-10-15/h6-10,21H,5,11H2,1-4H3,(H2,20,23,26)/b22-14+. The van der Waals surface area contributed by atoms with E-state index in [1.165, 1.54) is 0 Å². The van der Waals surface area contributed by atoms with E-state index in [4.69, 9.17) is 17.0 Å². The van der Waals surface area contributed by atoms with Crippen molar-refractivity contribution in [3.8, 4) is 0 Å². The van der Waals surface area contributed by atoms with Crippen molar-refractivity contribution < 1.29 is 9.53 Å². The van der Waals surface area contributed by atoms with Gasteiger partial charge in [-0.2, -0.15) is 5.10 Å². The van der Waals surface area contributed by atoms with Crippen molar-refractivity contribution in [3.05, 3.63) is 58.4 Å². The Morgan fingerprint density at radius 1 is 1.27 bits per heavy atom. The fourth-order valence-corrected chi connectivity index (χ4v) is 2.75. The first-order chi connectivity index (χ1) is 12.4. The van der Waals surface area contributed by atoms with Crippen LogP contribution in [0.3, 0.4) is 0 Å². The van der Waals surface area contributed by atoms with Crippen molar-refractivity contribution in [2.45, 2.75) is 34.2 Å². The number of hydrogen-bond acceptors (Lipinski definition) is 4. The number of thiocarbonyl (C=S) groups is 1. The van der Waals surface area contributed by atoms with E-state index in [2.05, 4.69) is 20.8 Å². The molecule has 1 heterocycles. The maximum absolute atomic E-state index is 12.1. The van der Waals surface area contributed by atoms with Gasteiger partial charge in [0.1, 0.15) is 0 Å². The number of hydrogen-bond donors (Lipinski definition) is 3. The van der Waals surface area contributed by atoms with E-state index in [0.717, 1.165) is 22.5 Å². The third kappa shape index (κ3) is 4.92. The molecule has 0 unspecified atom stereocenters. The Hall–Kier alpha value is -2.67. The van der Waals surface area contributed by atoms with Crippen LogP contribution in [0, 0.1) is 13.8 Å². The van der Waals surface area contributed by atoms with Crippen LogP contribution < -0.4 is 10.7 Å². The van der Waals surface area contributed by atoms with Gasteiger partial charge in [-0.3, -0.25) is 5.43 Å². The highest BCUT2D eigenvalue weighted by Crippen LogP contribution is 2.19. The summed E-state index contributed by atoms with van der Waals surface area (Å²) in [5, 5.41) is 7.84. The summed E-state index contributed by atoms with van der Waals surface area (Å²) >= 11 is 5.25. The number of carbonyl (C=O) groups excluding carboxylic acids is 1. The Bertz CT molecular complexity index is 812. The van der Waals surface area contributed by atoms with Crippen molar-refractivity contribution in [3.63, 3.8) is 0 Å². The fourth-order valence-electron chi connectivity index (χ4n) is 2.63. The number of rotatable bonds is 6. The molecule has 0 aliphatic rings. The molecule has 2 rings (SSSR count). The smallest absolute Gasteiger partial charge is 0.340 e. The third-order valence-electron chi connectivity index (χ3n) is 3.90. The van der Waals surface area contributed by atoms with Gasteiger partial charge < -0.3 is 15.0 Å². The molecular weight excluding hydrogens is 348 g/mol. The highest BCUT2D eigenvalue weighted by atomic mass is 32.1. The topological polar surface area (TPSA) is 78.5 Å². The second kappa shape index (κ2) is 9.15. The lowest BCUT2D eigenvalue weighted by atomic mass is 10.1. The second-order valence-electron chi connectivity index (χ2n) is 5.82. The maximum Gasteiger partial charge on any atom is 0.340 e. The molecule has 6 nitrogen and oxygen atoms in total. The molecule has 0 saturated carbocycles. The molecular formula is C19H24N4O2S. The number of aromatic amines is 1. The number of aryl methyl sites for hydroxylation is 1. The van der Waals surface area contributed by atoms with Crippen LogP contribution in [-0.2, 0) is 11.3 Å². The molecule has 0 spiro atoms. The number of nitrogens with zero attached hydrogens (tertiary/aromatic N) is 1. The van der Waals surface area contributed by atoms with Crippen LogP contribution in [0.1, 0.15) is 46.7 Å². The van der Waals surface area contributed by atoms with Crippen LogP contribution in [0.5, 0.6) is 0 Å². The van der Waals surface area contributed by atoms with Gasteiger partial charge in [-0.05, 0) is 51.0 Å². The molecule has 0 aliphatic carbocycles. The summed E-state index contributed by atoms with van der Waals surface area (Å²) in [7, 11) is 0. The van der Waals surface area contributed by atoms with Crippen LogP contribution in [0.2, 0.25) is 0 Å². The van der Waals surface area contributed by atoms with Crippen molar-refractivity contribution in [1.29, 1.82) is 0 Å². The van der Waals surface area contributed by atoms with Gasteiger partial charge in [0.15, 0.2) is 5.11 Å². The fraction of sp³-hybridized carbons (Fsp3) is 0.316. The van der Waals surface area contributed by atoms with E-state index in [0.29, 0.717) is 29.5 Å². The van der Waals surface area contributed by atoms with Gasteiger partial charge in [0.05, 0.1) is 23.6 Å². The monoisotopic (exact) mass is 372 g/mol. The van der Waals surface area contributed by atoms with Gasteiger partial charge in [0, 0.05) is 12.2 Å². The van der Waals surface area contributed by atoms with E-state index >= 15 is 0 Å². The van der Waals surface area contributed by atoms with E-state index in [9.17, 15) is 4.79 Å². The lowest BCUT2D eigenvalue weighted by Crippen LogP contribution is -2.32. The molecule has 0 bridgehead atoms.